The second-order valence-electron chi connectivity index (χ2n) is 5.34. The van der Waals surface area contributed by atoms with Crippen molar-refractivity contribution in [3.05, 3.63) is 58.4 Å². The van der Waals surface area contributed by atoms with E-state index in [1.165, 1.54) is 24.3 Å². The Balaban J connectivity index is 2.83. The third-order valence-electron chi connectivity index (χ3n) is 3.45. The second kappa shape index (κ2) is 7.37. The Bertz CT molecular complexity index is 860. The van der Waals surface area contributed by atoms with Crippen molar-refractivity contribution in [2.75, 3.05) is 5.32 Å². The number of benzene rings is 1. The smallest absolute Gasteiger partial charge is 0.434 e. The lowest BCUT2D eigenvalue weighted by atomic mass is 10.0. The number of alkyl halides is 6. The highest BCUT2D eigenvalue weighted by Crippen LogP contribution is 2.41. The van der Waals surface area contributed by atoms with Gasteiger partial charge in [-0.1, -0.05) is 30.3 Å². The summed E-state index contributed by atoms with van der Waals surface area (Å²) in [5.74, 6) is -5.13. The molecule has 1 aromatic heterocycles. The van der Waals surface area contributed by atoms with Gasteiger partial charge in [-0.25, -0.2) is 4.98 Å². The van der Waals surface area contributed by atoms with Crippen molar-refractivity contribution in [3.63, 3.8) is 0 Å². The van der Waals surface area contributed by atoms with Crippen LogP contribution in [0.4, 0.5) is 32.0 Å². The van der Waals surface area contributed by atoms with Gasteiger partial charge in [-0.3, -0.25) is 0 Å². The minimum atomic E-state index is -5.64. The maximum absolute atomic E-state index is 13.1. The van der Waals surface area contributed by atoms with Gasteiger partial charge in [0, 0.05) is 6.54 Å². The predicted octanol–water partition coefficient (Wildman–Crippen LogP) is 1.46. The van der Waals surface area contributed by atoms with Crippen LogP contribution in [0.1, 0.15) is 37.7 Å². The number of nitrogens with one attached hydrogen (secondary N) is 1. The van der Waals surface area contributed by atoms with Crippen LogP contribution in [0.15, 0.2) is 30.3 Å². The van der Waals surface area contributed by atoms with Gasteiger partial charge < -0.3 is 25.1 Å². The van der Waals surface area contributed by atoms with Gasteiger partial charge in [0.1, 0.15) is 0 Å². The molecule has 0 spiro atoms. The molecule has 1 aromatic carbocycles. The molecule has 0 aliphatic rings. The summed E-state index contributed by atoms with van der Waals surface area (Å²) in [5.41, 5.74) is -9.76. The van der Waals surface area contributed by atoms with E-state index in [1.54, 1.807) is 6.07 Å². The van der Waals surface area contributed by atoms with Gasteiger partial charge in [0.15, 0.2) is 11.4 Å². The number of anilines is 1. The molecule has 0 aliphatic carbocycles. The number of hydrogen-bond acceptors (Lipinski definition) is 6. The number of hydrogen-bond donors (Lipinski definition) is 1. The Morgan fingerprint density at radius 3 is 1.64 bits per heavy atom. The largest absolute Gasteiger partial charge is 0.545 e. The monoisotopic (exact) mass is 406 g/mol. The van der Waals surface area contributed by atoms with Crippen molar-refractivity contribution < 1.29 is 46.1 Å². The van der Waals surface area contributed by atoms with Gasteiger partial charge in [0.25, 0.3) is 0 Å². The molecule has 0 fully saturated rings. The molecule has 0 radical (unpaired) electrons. The van der Waals surface area contributed by atoms with Crippen molar-refractivity contribution in [3.8, 4) is 0 Å². The molecule has 0 unspecified atom stereocenters. The number of carboxylic acid groups (broad SMARTS) is 2. The van der Waals surface area contributed by atoms with Crippen LogP contribution in [0, 0.1) is 0 Å². The molecule has 0 atom stereocenters. The molecule has 0 aliphatic heterocycles. The van der Waals surface area contributed by atoms with Crippen molar-refractivity contribution >= 4 is 17.6 Å². The zero-order valence-corrected chi connectivity index (χ0v) is 13.4. The number of carboxylic acids is 2. The molecule has 12 heteroatoms. The number of pyridine rings is 1. The van der Waals surface area contributed by atoms with Gasteiger partial charge in [-0.05, 0) is 5.56 Å². The van der Waals surface area contributed by atoms with E-state index in [0.717, 1.165) is 0 Å². The Labute approximate surface area is 152 Å². The molecule has 1 heterocycles. The van der Waals surface area contributed by atoms with Crippen molar-refractivity contribution in [1.29, 1.82) is 0 Å². The first kappa shape index (κ1) is 21.0. The molecular formula is C16H8F6N2O4-2. The van der Waals surface area contributed by atoms with Crippen molar-refractivity contribution in [2.24, 2.45) is 0 Å². The highest BCUT2D eigenvalue weighted by molar-refractivity contribution is 6.03. The van der Waals surface area contributed by atoms with Crippen LogP contribution in [-0.4, -0.2) is 16.9 Å². The molecule has 28 heavy (non-hydrogen) atoms. The number of carbonyl (C=O) groups is 2. The Kier molecular flexibility index (Phi) is 5.52. The average molecular weight is 406 g/mol. The van der Waals surface area contributed by atoms with Crippen LogP contribution in [0.3, 0.4) is 0 Å². The summed E-state index contributed by atoms with van der Waals surface area (Å²) < 4.78 is 78.8. The van der Waals surface area contributed by atoms with Crippen LogP contribution < -0.4 is 15.5 Å². The molecule has 6 nitrogen and oxygen atoms in total. The van der Waals surface area contributed by atoms with Crippen LogP contribution in [-0.2, 0) is 18.9 Å². The van der Waals surface area contributed by atoms with E-state index in [0.29, 0.717) is 5.56 Å². The second-order valence-corrected chi connectivity index (χ2v) is 5.34. The maximum atomic E-state index is 13.1. The Morgan fingerprint density at radius 1 is 0.857 bits per heavy atom. The lowest BCUT2D eigenvalue weighted by molar-refractivity contribution is -0.256. The summed E-state index contributed by atoms with van der Waals surface area (Å²) in [7, 11) is 0. The molecule has 2 rings (SSSR count). The van der Waals surface area contributed by atoms with Crippen molar-refractivity contribution in [1.82, 2.24) is 4.98 Å². The van der Waals surface area contributed by atoms with E-state index in [2.05, 4.69) is 4.98 Å². The summed E-state index contributed by atoms with van der Waals surface area (Å²) in [4.78, 5) is 24.7. The number of aromatic carboxylic acids is 2. The lowest BCUT2D eigenvalue weighted by Gasteiger charge is -2.25. The number of carbonyl (C=O) groups excluding carboxylic acids is 2. The van der Waals surface area contributed by atoms with E-state index in [9.17, 15) is 46.1 Å². The summed E-state index contributed by atoms with van der Waals surface area (Å²) in [6, 6.07) is 7.39. The summed E-state index contributed by atoms with van der Waals surface area (Å²) in [6.45, 7) is -0.486. The molecule has 2 aromatic rings. The summed E-state index contributed by atoms with van der Waals surface area (Å²) >= 11 is 0. The van der Waals surface area contributed by atoms with Crippen LogP contribution in [0.25, 0.3) is 0 Å². The van der Waals surface area contributed by atoms with Crippen LogP contribution in [0.5, 0.6) is 0 Å². The topological polar surface area (TPSA) is 105 Å². The zero-order chi connectivity index (χ0) is 21.3. The third-order valence-corrected chi connectivity index (χ3v) is 3.45. The summed E-state index contributed by atoms with van der Waals surface area (Å²) in [5, 5.41) is 24.5. The van der Waals surface area contributed by atoms with Gasteiger partial charge in [0.05, 0.1) is 28.8 Å². The fourth-order valence-corrected chi connectivity index (χ4v) is 2.36. The van der Waals surface area contributed by atoms with Gasteiger partial charge in [-0.15, -0.1) is 0 Å². The normalized spacial score (nSPS) is 11.9. The van der Waals surface area contributed by atoms with E-state index < -0.39 is 59.0 Å². The van der Waals surface area contributed by atoms with Crippen molar-refractivity contribution in [2.45, 2.75) is 18.9 Å². The number of rotatable bonds is 5. The fourth-order valence-electron chi connectivity index (χ4n) is 2.36. The highest BCUT2D eigenvalue weighted by Gasteiger charge is 2.44. The standard InChI is InChI=1S/C16H10F6N2O4/c17-15(18,19)11-8(13(25)26)10(23-6-7-4-2-1-3-5-7)9(14(27)28)12(24-11)16(20,21)22/h1-5H,6H2,(H,23,24)(H,25,26)(H,27,28)/p-2. The maximum Gasteiger partial charge on any atom is 0.434 e. The van der Waals surface area contributed by atoms with E-state index in [1.807, 2.05) is 5.32 Å². The highest BCUT2D eigenvalue weighted by atomic mass is 19.4. The number of aromatic nitrogens is 1. The first-order valence-corrected chi connectivity index (χ1v) is 7.27. The quantitative estimate of drug-likeness (QED) is 0.754. The van der Waals surface area contributed by atoms with E-state index in [4.69, 9.17) is 0 Å². The average Bonchev–Trinajstić information content (AvgIpc) is 2.57. The van der Waals surface area contributed by atoms with Crippen LogP contribution >= 0.6 is 0 Å². The fraction of sp³-hybridized carbons (Fsp3) is 0.188. The Hall–Kier alpha value is -3.31. The molecule has 0 saturated carbocycles. The molecule has 1 N–H and O–H groups in total. The molecule has 150 valence electrons. The number of nitrogens with zero attached hydrogens (tertiary/aromatic N) is 1. The molecular weight excluding hydrogens is 398 g/mol. The van der Waals surface area contributed by atoms with Gasteiger partial charge in [0.2, 0.25) is 0 Å². The minimum absolute atomic E-state index is 0.315. The SMILES string of the molecule is O=C([O-])c1c(C(F)(F)F)nc(C(F)(F)F)c(C(=O)[O-])c1NCc1ccccc1. The Morgan fingerprint density at radius 2 is 1.29 bits per heavy atom. The molecule has 0 amide bonds. The lowest BCUT2D eigenvalue weighted by Crippen LogP contribution is -2.35. The minimum Gasteiger partial charge on any atom is -0.545 e. The third kappa shape index (κ3) is 4.32. The first-order chi connectivity index (χ1) is 12.8. The van der Waals surface area contributed by atoms with E-state index >= 15 is 0 Å². The first-order valence-electron chi connectivity index (χ1n) is 7.27. The van der Waals surface area contributed by atoms with Gasteiger partial charge in [-0.2, -0.15) is 26.3 Å². The molecule has 0 bridgehead atoms. The van der Waals surface area contributed by atoms with E-state index in [-0.39, 0.29) is 0 Å². The summed E-state index contributed by atoms with van der Waals surface area (Å²) in [6.07, 6.45) is -11.3. The zero-order valence-electron chi connectivity index (χ0n) is 13.4. The predicted molar refractivity (Wildman–Crippen MR) is 76.7 cm³/mol. The van der Waals surface area contributed by atoms with Gasteiger partial charge >= 0.3 is 12.4 Å². The number of halogens is 6. The molecule has 0 saturated heterocycles. The van der Waals surface area contributed by atoms with Crippen LogP contribution in [0.2, 0.25) is 0 Å².